The minimum atomic E-state index is -0.243. The topological polar surface area (TPSA) is 113 Å². The Labute approximate surface area is 191 Å². The summed E-state index contributed by atoms with van der Waals surface area (Å²) in [4.78, 5) is 35.0. The van der Waals surface area contributed by atoms with Crippen LogP contribution in [-0.4, -0.2) is 44.9 Å². The minimum Gasteiger partial charge on any atom is -0.369 e. The van der Waals surface area contributed by atoms with Gasteiger partial charge < -0.3 is 9.84 Å². The second-order valence-electron chi connectivity index (χ2n) is 7.55. The lowest BCUT2D eigenvalue weighted by Crippen LogP contribution is -2.30. The average Bonchev–Trinajstić information content (AvgIpc) is 3.34. The standard InChI is InChI=1S/C24H24N6O3/c1-3-12-25-21-17(15-26-24(28-21)27-20-14-16(2)29-33-20)9-5-4-8-13-30-22(31)18-10-6-7-11-19(18)23(30)32/h6-7,10-11,14-15H,3-4,8,12-13H2,1-2H3,(H2,25,26,27,28). The zero-order valence-corrected chi connectivity index (χ0v) is 18.5. The summed E-state index contributed by atoms with van der Waals surface area (Å²) in [7, 11) is 0. The molecule has 9 nitrogen and oxygen atoms in total. The number of nitrogens with one attached hydrogen (secondary N) is 2. The zero-order chi connectivity index (χ0) is 23.2. The second-order valence-corrected chi connectivity index (χ2v) is 7.55. The Balaban J connectivity index is 1.38. The molecule has 1 aliphatic heterocycles. The van der Waals surface area contributed by atoms with Crippen LogP contribution in [0.4, 0.5) is 17.7 Å². The van der Waals surface area contributed by atoms with Crippen LogP contribution in [0.3, 0.4) is 0 Å². The van der Waals surface area contributed by atoms with Crippen molar-refractivity contribution < 1.29 is 14.1 Å². The van der Waals surface area contributed by atoms with Crippen LogP contribution in [0.15, 0.2) is 41.1 Å². The number of hydrogen-bond acceptors (Lipinski definition) is 8. The van der Waals surface area contributed by atoms with Crippen LogP contribution in [-0.2, 0) is 0 Å². The fourth-order valence-corrected chi connectivity index (χ4v) is 3.37. The molecule has 0 unspecified atom stereocenters. The maximum absolute atomic E-state index is 12.4. The molecule has 0 saturated heterocycles. The van der Waals surface area contributed by atoms with Gasteiger partial charge in [-0.15, -0.1) is 0 Å². The quantitative estimate of drug-likeness (QED) is 0.307. The van der Waals surface area contributed by atoms with E-state index >= 15 is 0 Å². The maximum Gasteiger partial charge on any atom is 0.261 e. The first-order valence-corrected chi connectivity index (χ1v) is 10.8. The lowest BCUT2D eigenvalue weighted by atomic mass is 10.1. The van der Waals surface area contributed by atoms with Gasteiger partial charge >= 0.3 is 0 Å². The van der Waals surface area contributed by atoms with E-state index in [4.69, 9.17) is 4.52 Å². The molecule has 0 aliphatic carbocycles. The van der Waals surface area contributed by atoms with Crippen molar-refractivity contribution in [2.45, 2.75) is 33.1 Å². The molecule has 1 aromatic carbocycles. The average molecular weight is 444 g/mol. The number of rotatable bonds is 8. The Morgan fingerprint density at radius 3 is 2.58 bits per heavy atom. The largest absolute Gasteiger partial charge is 0.369 e. The number of aromatic nitrogens is 3. The predicted octanol–water partition coefficient (Wildman–Crippen LogP) is 3.77. The molecule has 168 valence electrons. The van der Waals surface area contributed by atoms with Crippen molar-refractivity contribution in [3.05, 3.63) is 58.9 Å². The Kier molecular flexibility index (Phi) is 6.64. The predicted molar refractivity (Wildman–Crippen MR) is 123 cm³/mol. The molecule has 2 N–H and O–H groups in total. The number of nitrogens with zero attached hydrogens (tertiary/aromatic N) is 4. The zero-order valence-electron chi connectivity index (χ0n) is 18.5. The van der Waals surface area contributed by atoms with Crippen molar-refractivity contribution in [3.63, 3.8) is 0 Å². The molecule has 0 fully saturated rings. The fraction of sp³-hybridized carbons (Fsp3) is 0.292. The molecule has 0 bridgehead atoms. The number of amides is 2. The molecule has 3 heterocycles. The summed E-state index contributed by atoms with van der Waals surface area (Å²) in [5.41, 5.74) is 2.35. The van der Waals surface area contributed by atoms with Crippen LogP contribution in [0.25, 0.3) is 0 Å². The molecular weight excluding hydrogens is 420 g/mol. The van der Waals surface area contributed by atoms with Crippen molar-refractivity contribution >= 4 is 29.5 Å². The van der Waals surface area contributed by atoms with Gasteiger partial charge in [0.25, 0.3) is 11.8 Å². The Morgan fingerprint density at radius 2 is 1.91 bits per heavy atom. The highest BCUT2D eigenvalue weighted by Gasteiger charge is 2.34. The monoisotopic (exact) mass is 444 g/mol. The van der Waals surface area contributed by atoms with Crippen molar-refractivity contribution in [2.24, 2.45) is 0 Å². The van der Waals surface area contributed by atoms with Crippen LogP contribution in [0.1, 0.15) is 58.2 Å². The number of aryl methyl sites for hydroxylation is 1. The highest BCUT2D eigenvalue weighted by molar-refractivity contribution is 6.21. The molecule has 2 aromatic heterocycles. The number of carbonyl (C=O) groups is 2. The van der Waals surface area contributed by atoms with Crippen LogP contribution in [0.5, 0.6) is 0 Å². The van der Waals surface area contributed by atoms with Crippen LogP contribution < -0.4 is 10.6 Å². The summed E-state index contributed by atoms with van der Waals surface area (Å²) in [5.74, 6) is 7.16. The first-order valence-electron chi connectivity index (χ1n) is 10.8. The minimum absolute atomic E-state index is 0.243. The first-order chi connectivity index (χ1) is 16.1. The number of carbonyl (C=O) groups excluding carboxylic acids is 2. The number of fused-ring (bicyclic) bond motifs is 1. The summed E-state index contributed by atoms with van der Waals surface area (Å²) in [6.45, 7) is 4.97. The molecule has 1 aliphatic rings. The fourth-order valence-electron chi connectivity index (χ4n) is 3.37. The third-order valence-corrected chi connectivity index (χ3v) is 4.98. The van der Waals surface area contributed by atoms with E-state index in [1.807, 2.05) is 6.92 Å². The van der Waals surface area contributed by atoms with Crippen molar-refractivity contribution in [3.8, 4) is 11.8 Å². The third-order valence-electron chi connectivity index (χ3n) is 4.98. The Morgan fingerprint density at radius 1 is 1.15 bits per heavy atom. The number of anilines is 3. The number of hydrogen-bond donors (Lipinski definition) is 2. The van der Waals surface area contributed by atoms with Crippen LogP contribution >= 0.6 is 0 Å². The smallest absolute Gasteiger partial charge is 0.261 e. The molecular formula is C24H24N6O3. The molecule has 3 aromatic rings. The highest BCUT2D eigenvalue weighted by Crippen LogP contribution is 2.22. The molecule has 0 spiro atoms. The van der Waals surface area contributed by atoms with E-state index in [1.165, 1.54) is 4.90 Å². The van der Waals surface area contributed by atoms with E-state index in [-0.39, 0.29) is 11.8 Å². The summed E-state index contributed by atoms with van der Waals surface area (Å²) < 4.78 is 5.15. The summed E-state index contributed by atoms with van der Waals surface area (Å²) in [5, 5.41) is 10.1. The molecule has 4 rings (SSSR count). The number of benzene rings is 1. The Hall–Kier alpha value is -4.19. The summed E-state index contributed by atoms with van der Waals surface area (Å²) in [6, 6.07) is 8.65. The lowest BCUT2D eigenvalue weighted by molar-refractivity contribution is 0.0653. The molecule has 0 saturated carbocycles. The lowest BCUT2D eigenvalue weighted by Gasteiger charge is -2.12. The van der Waals surface area contributed by atoms with Gasteiger partial charge in [0.15, 0.2) is 0 Å². The van der Waals surface area contributed by atoms with Gasteiger partial charge in [-0.05, 0) is 31.9 Å². The van der Waals surface area contributed by atoms with E-state index in [0.717, 1.165) is 18.7 Å². The van der Waals surface area contributed by atoms with Crippen molar-refractivity contribution in [2.75, 3.05) is 23.7 Å². The van der Waals surface area contributed by atoms with Gasteiger partial charge in [0.2, 0.25) is 11.8 Å². The van der Waals surface area contributed by atoms with E-state index < -0.39 is 0 Å². The van der Waals surface area contributed by atoms with Gasteiger partial charge in [-0.25, -0.2) is 4.98 Å². The van der Waals surface area contributed by atoms with Gasteiger partial charge in [0.05, 0.1) is 28.6 Å². The summed E-state index contributed by atoms with van der Waals surface area (Å²) >= 11 is 0. The number of imide groups is 1. The highest BCUT2D eigenvalue weighted by atomic mass is 16.5. The molecule has 33 heavy (non-hydrogen) atoms. The Bertz CT molecular complexity index is 1210. The van der Waals surface area contributed by atoms with E-state index in [0.29, 0.717) is 53.7 Å². The first kappa shape index (κ1) is 22.0. The third kappa shape index (κ3) is 5.01. The maximum atomic E-state index is 12.4. The van der Waals surface area contributed by atoms with Gasteiger partial charge in [-0.1, -0.05) is 36.1 Å². The van der Waals surface area contributed by atoms with Gasteiger partial charge in [0, 0.05) is 25.6 Å². The van der Waals surface area contributed by atoms with Gasteiger partial charge in [-0.2, -0.15) is 4.98 Å². The van der Waals surface area contributed by atoms with Gasteiger partial charge in [-0.3, -0.25) is 19.8 Å². The van der Waals surface area contributed by atoms with E-state index in [9.17, 15) is 9.59 Å². The second kappa shape index (κ2) is 9.96. The molecule has 9 heteroatoms. The van der Waals surface area contributed by atoms with Crippen molar-refractivity contribution in [1.29, 1.82) is 0 Å². The van der Waals surface area contributed by atoms with E-state index in [1.54, 1.807) is 36.5 Å². The SMILES string of the molecule is CCCNc1nc(Nc2cc(C)no2)ncc1C#CCCCN1C(=O)c2ccccc2C1=O. The van der Waals surface area contributed by atoms with Crippen LogP contribution in [0, 0.1) is 18.8 Å². The normalized spacial score (nSPS) is 12.4. The summed E-state index contributed by atoms with van der Waals surface area (Å²) in [6.07, 6.45) is 3.69. The van der Waals surface area contributed by atoms with E-state index in [2.05, 4.69) is 44.5 Å². The molecule has 0 radical (unpaired) electrons. The van der Waals surface area contributed by atoms with Crippen LogP contribution in [0.2, 0.25) is 0 Å². The molecule has 0 atom stereocenters. The molecule has 2 amide bonds. The van der Waals surface area contributed by atoms with Crippen molar-refractivity contribution in [1.82, 2.24) is 20.0 Å². The number of unbranched alkanes of at least 4 members (excludes halogenated alkanes) is 1. The van der Waals surface area contributed by atoms with Gasteiger partial charge in [0.1, 0.15) is 5.82 Å².